The largest absolute Gasteiger partial charge is 0.493 e. The van der Waals surface area contributed by atoms with E-state index >= 15 is 0 Å². The van der Waals surface area contributed by atoms with E-state index in [9.17, 15) is 0 Å². The Bertz CT molecular complexity index is 302. The van der Waals surface area contributed by atoms with Gasteiger partial charge in [0.15, 0.2) is 0 Å². The molecule has 2 heteroatoms. The Morgan fingerprint density at radius 3 is 2.38 bits per heavy atom. The molecule has 1 aromatic carbocycles. The molecular weight excluding hydrogens is 198 g/mol. The lowest BCUT2D eigenvalue weighted by Crippen LogP contribution is -2.24. The van der Waals surface area contributed by atoms with Gasteiger partial charge in [-0.15, -0.1) is 0 Å². The average molecular weight is 221 g/mol. The Hall–Kier alpha value is -1.02. The lowest BCUT2D eigenvalue weighted by atomic mass is 10.1. The normalized spacial score (nSPS) is 12.5. The number of rotatable bonds is 6. The molecule has 0 aliphatic carbocycles. The molecule has 0 aliphatic rings. The van der Waals surface area contributed by atoms with E-state index in [1.807, 2.05) is 0 Å². The first-order valence-electron chi connectivity index (χ1n) is 6.03. The zero-order chi connectivity index (χ0) is 12.0. The van der Waals surface area contributed by atoms with Crippen molar-refractivity contribution in [1.29, 1.82) is 0 Å². The van der Waals surface area contributed by atoms with Gasteiger partial charge in [0.25, 0.3) is 0 Å². The van der Waals surface area contributed by atoms with Gasteiger partial charge < -0.3 is 10.1 Å². The van der Waals surface area contributed by atoms with Crippen molar-refractivity contribution in [3.63, 3.8) is 0 Å². The Morgan fingerprint density at radius 1 is 1.19 bits per heavy atom. The molecule has 1 rings (SSSR count). The monoisotopic (exact) mass is 221 g/mol. The first kappa shape index (κ1) is 13.0. The van der Waals surface area contributed by atoms with Crippen molar-refractivity contribution in [3.8, 4) is 5.75 Å². The first-order valence-corrected chi connectivity index (χ1v) is 6.03. The van der Waals surface area contributed by atoms with Crippen LogP contribution < -0.4 is 10.1 Å². The van der Waals surface area contributed by atoms with Crippen molar-refractivity contribution in [1.82, 2.24) is 5.32 Å². The summed E-state index contributed by atoms with van der Waals surface area (Å²) in [5.41, 5.74) is 2.52. The van der Waals surface area contributed by atoms with Gasteiger partial charge in [0, 0.05) is 12.5 Å². The van der Waals surface area contributed by atoms with Crippen LogP contribution in [0.5, 0.6) is 5.75 Å². The highest BCUT2D eigenvalue weighted by Crippen LogP contribution is 2.16. The van der Waals surface area contributed by atoms with Crippen molar-refractivity contribution >= 4 is 0 Å². The van der Waals surface area contributed by atoms with E-state index in [-0.39, 0.29) is 0 Å². The van der Waals surface area contributed by atoms with Crippen LogP contribution in [-0.4, -0.2) is 19.7 Å². The SMILES string of the molecule is CCNCC(C)COc1cc(C)cc(C)c1. The predicted octanol–water partition coefficient (Wildman–Crippen LogP) is 2.93. The van der Waals surface area contributed by atoms with Gasteiger partial charge in [-0.25, -0.2) is 0 Å². The van der Waals surface area contributed by atoms with Gasteiger partial charge >= 0.3 is 0 Å². The summed E-state index contributed by atoms with van der Waals surface area (Å²) in [6, 6.07) is 6.34. The van der Waals surface area contributed by atoms with Gasteiger partial charge in [0.05, 0.1) is 6.61 Å². The highest BCUT2D eigenvalue weighted by molar-refractivity contribution is 5.32. The lowest BCUT2D eigenvalue weighted by molar-refractivity contribution is 0.256. The van der Waals surface area contributed by atoms with Gasteiger partial charge in [-0.3, -0.25) is 0 Å². The van der Waals surface area contributed by atoms with Crippen LogP contribution in [0.1, 0.15) is 25.0 Å². The maximum absolute atomic E-state index is 5.79. The second-order valence-electron chi connectivity index (χ2n) is 4.55. The molecule has 2 nitrogen and oxygen atoms in total. The Labute approximate surface area is 99.0 Å². The quantitative estimate of drug-likeness (QED) is 0.797. The molecule has 0 aromatic heterocycles. The maximum atomic E-state index is 5.79. The van der Waals surface area contributed by atoms with Crippen molar-refractivity contribution in [2.24, 2.45) is 5.92 Å². The van der Waals surface area contributed by atoms with Crippen LogP contribution in [0.15, 0.2) is 18.2 Å². The minimum Gasteiger partial charge on any atom is -0.493 e. The molecule has 1 N–H and O–H groups in total. The van der Waals surface area contributed by atoms with Crippen LogP contribution in [0.4, 0.5) is 0 Å². The maximum Gasteiger partial charge on any atom is 0.119 e. The standard InChI is InChI=1S/C14H23NO/c1-5-15-9-13(4)10-16-14-7-11(2)6-12(3)8-14/h6-8,13,15H,5,9-10H2,1-4H3. The smallest absolute Gasteiger partial charge is 0.119 e. The first-order chi connectivity index (χ1) is 7.61. The summed E-state index contributed by atoms with van der Waals surface area (Å²) in [4.78, 5) is 0. The van der Waals surface area contributed by atoms with E-state index in [1.54, 1.807) is 0 Å². The van der Waals surface area contributed by atoms with Crippen LogP contribution in [0.25, 0.3) is 0 Å². The van der Waals surface area contributed by atoms with Crippen LogP contribution >= 0.6 is 0 Å². The molecule has 0 spiro atoms. The minimum atomic E-state index is 0.542. The molecule has 0 saturated heterocycles. The summed E-state index contributed by atoms with van der Waals surface area (Å²) in [7, 11) is 0. The van der Waals surface area contributed by atoms with Crippen LogP contribution in [-0.2, 0) is 0 Å². The average Bonchev–Trinajstić information content (AvgIpc) is 2.22. The van der Waals surface area contributed by atoms with Gasteiger partial charge in [-0.05, 0) is 43.7 Å². The zero-order valence-corrected chi connectivity index (χ0v) is 10.8. The van der Waals surface area contributed by atoms with E-state index in [2.05, 4.69) is 51.2 Å². The molecule has 1 atom stereocenters. The van der Waals surface area contributed by atoms with Gasteiger partial charge in [-0.2, -0.15) is 0 Å². The number of hydrogen-bond acceptors (Lipinski definition) is 2. The summed E-state index contributed by atoms with van der Waals surface area (Å²) in [6.45, 7) is 11.3. The fraction of sp³-hybridized carbons (Fsp3) is 0.571. The number of aryl methyl sites for hydroxylation is 2. The highest BCUT2D eigenvalue weighted by Gasteiger charge is 2.03. The Morgan fingerprint density at radius 2 is 1.81 bits per heavy atom. The summed E-state index contributed by atoms with van der Waals surface area (Å²) in [5, 5.41) is 3.33. The lowest BCUT2D eigenvalue weighted by Gasteiger charge is -2.14. The molecule has 1 unspecified atom stereocenters. The number of ether oxygens (including phenoxy) is 1. The molecule has 0 bridgehead atoms. The van der Waals surface area contributed by atoms with Crippen LogP contribution in [0, 0.1) is 19.8 Å². The fourth-order valence-corrected chi connectivity index (χ4v) is 1.70. The molecular formula is C14H23NO. The molecule has 90 valence electrons. The van der Waals surface area contributed by atoms with E-state index in [4.69, 9.17) is 4.74 Å². The minimum absolute atomic E-state index is 0.542. The van der Waals surface area contributed by atoms with E-state index < -0.39 is 0 Å². The van der Waals surface area contributed by atoms with E-state index in [0.717, 1.165) is 25.4 Å². The van der Waals surface area contributed by atoms with Gasteiger partial charge in [0.1, 0.15) is 5.75 Å². The Balaban J connectivity index is 2.41. The molecule has 1 aromatic rings. The van der Waals surface area contributed by atoms with Crippen molar-refractivity contribution < 1.29 is 4.74 Å². The molecule has 16 heavy (non-hydrogen) atoms. The molecule has 0 fully saturated rings. The van der Waals surface area contributed by atoms with Gasteiger partial charge in [0.2, 0.25) is 0 Å². The number of nitrogens with one attached hydrogen (secondary N) is 1. The van der Waals surface area contributed by atoms with E-state index in [0.29, 0.717) is 5.92 Å². The predicted molar refractivity (Wildman–Crippen MR) is 69.1 cm³/mol. The van der Waals surface area contributed by atoms with Gasteiger partial charge in [-0.1, -0.05) is 19.9 Å². The van der Waals surface area contributed by atoms with Crippen molar-refractivity contribution in [3.05, 3.63) is 29.3 Å². The van der Waals surface area contributed by atoms with Crippen molar-refractivity contribution in [2.45, 2.75) is 27.7 Å². The number of hydrogen-bond donors (Lipinski definition) is 1. The molecule has 0 saturated carbocycles. The topological polar surface area (TPSA) is 21.3 Å². The third-order valence-electron chi connectivity index (χ3n) is 2.47. The fourth-order valence-electron chi connectivity index (χ4n) is 1.70. The molecule has 0 radical (unpaired) electrons. The molecule has 0 aliphatic heterocycles. The Kier molecular flexibility index (Phi) is 5.33. The molecule has 0 amide bonds. The summed E-state index contributed by atoms with van der Waals surface area (Å²) >= 11 is 0. The zero-order valence-electron chi connectivity index (χ0n) is 10.8. The summed E-state index contributed by atoms with van der Waals surface area (Å²) < 4.78 is 5.79. The van der Waals surface area contributed by atoms with Crippen LogP contribution in [0.3, 0.4) is 0 Å². The molecule has 0 heterocycles. The van der Waals surface area contributed by atoms with Crippen molar-refractivity contribution in [2.75, 3.05) is 19.7 Å². The summed E-state index contributed by atoms with van der Waals surface area (Å²) in [6.07, 6.45) is 0. The van der Waals surface area contributed by atoms with Crippen LogP contribution in [0.2, 0.25) is 0 Å². The second-order valence-corrected chi connectivity index (χ2v) is 4.55. The summed E-state index contributed by atoms with van der Waals surface area (Å²) in [5.74, 6) is 1.53. The third-order valence-corrected chi connectivity index (χ3v) is 2.47. The second kappa shape index (κ2) is 6.54. The third kappa shape index (κ3) is 4.67. The number of benzene rings is 1. The highest BCUT2D eigenvalue weighted by atomic mass is 16.5. The van der Waals surface area contributed by atoms with E-state index in [1.165, 1.54) is 11.1 Å².